The van der Waals surface area contributed by atoms with Crippen molar-refractivity contribution in [3.05, 3.63) is 32.4 Å². The minimum Gasteiger partial charge on any atom is -0.393 e. The van der Waals surface area contributed by atoms with E-state index in [1.54, 1.807) is 6.07 Å². The van der Waals surface area contributed by atoms with Gasteiger partial charge in [0.25, 0.3) is 5.91 Å². The van der Waals surface area contributed by atoms with E-state index in [0.717, 1.165) is 16.4 Å². The smallest absolute Gasteiger partial charge is 0.254 e. The van der Waals surface area contributed by atoms with Gasteiger partial charge in [-0.2, -0.15) is 0 Å². The topological polar surface area (TPSA) is 40.5 Å². The van der Waals surface area contributed by atoms with Gasteiger partial charge in [0.15, 0.2) is 0 Å². The highest BCUT2D eigenvalue weighted by atomic mass is 127. The first-order valence-corrected chi connectivity index (χ1v) is 7.97. The fraction of sp³-hybridized carbons (Fsp3) is 0.500. The number of rotatable bonds is 1. The molecule has 2 bridgehead atoms. The minimum atomic E-state index is -0.248. The van der Waals surface area contributed by atoms with Crippen molar-refractivity contribution in [3.8, 4) is 0 Å². The van der Waals surface area contributed by atoms with Crippen molar-refractivity contribution in [3.63, 3.8) is 0 Å². The van der Waals surface area contributed by atoms with E-state index < -0.39 is 0 Å². The molecule has 0 aromatic heterocycles. The third kappa shape index (κ3) is 2.50. The number of hydrogen-bond acceptors (Lipinski definition) is 2. The fourth-order valence-corrected chi connectivity index (χ4v) is 3.77. The summed E-state index contributed by atoms with van der Waals surface area (Å²) in [5.74, 6) is 0.0534. The zero-order valence-electron chi connectivity index (χ0n) is 10.4. The second kappa shape index (κ2) is 5.22. The van der Waals surface area contributed by atoms with Gasteiger partial charge in [-0.1, -0.05) is 11.6 Å². The molecule has 3 nitrogen and oxygen atoms in total. The van der Waals surface area contributed by atoms with E-state index in [1.165, 1.54) is 0 Å². The monoisotopic (exact) mass is 391 g/mol. The summed E-state index contributed by atoms with van der Waals surface area (Å²) in [5.41, 5.74) is 0.652. The molecule has 3 rings (SSSR count). The first-order valence-electron chi connectivity index (χ1n) is 6.52. The molecule has 2 atom stereocenters. The molecule has 102 valence electrons. The molecule has 2 aliphatic heterocycles. The molecule has 1 amide bonds. The molecular weight excluding hydrogens is 377 g/mol. The van der Waals surface area contributed by atoms with Crippen molar-refractivity contribution in [1.29, 1.82) is 0 Å². The highest BCUT2D eigenvalue weighted by Crippen LogP contribution is 2.37. The number of hydrogen-bond donors (Lipinski definition) is 1. The Bertz CT molecular complexity index is 508. The van der Waals surface area contributed by atoms with Gasteiger partial charge in [-0.05, 0) is 66.5 Å². The molecule has 2 fully saturated rings. The lowest BCUT2D eigenvalue weighted by atomic mass is 9.99. The molecule has 0 aliphatic carbocycles. The SMILES string of the molecule is O=C(c1ccc(I)c(Cl)c1)N1C2CCC1CC(O)C2. The maximum atomic E-state index is 12.6. The lowest BCUT2D eigenvalue weighted by Gasteiger charge is -2.37. The lowest BCUT2D eigenvalue weighted by molar-refractivity contribution is 0.0287. The van der Waals surface area contributed by atoms with Gasteiger partial charge in [-0.25, -0.2) is 0 Å². The van der Waals surface area contributed by atoms with E-state index in [2.05, 4.69) is 22.6 Å². The first-order chi connectivity index (χ1) is 9.06. The fourth-order valence-electron chi connectivity index (χ4n) is 3.26. The molecule has 5 heteroatoms. The Morgan fingerprint density at radius 3 is 2.53 bits per heavy atom. The Morgan fingerprint density at radius 1 is 1.32 bits per heavy atom. The Labute approximate surface area is 131 Å². The van der Waals surface area contributed by atoms with Crippen molar-refractivity contribution in [2.75, 3.05) is 0 Å². The van der Waals surface area contributed by atoms with Gasteiger partial charge in [0.05, 0.1) is 11.1 Å². The number of nitrogens with zero attached hydrogens (tertiary/aromatic N) is 1. The molecule has 1 aromatic carbocycles. The quantitative estimate of drug-likeness (QED) is 0.748. The summed E-state index contributed by atoms with van der Waals surface area (Å²) >= 11 is 8.24. The summed E-state index contributed by atoms with van der Waals surface area (Å²) in [6.07, 6.45) is 3.18. The molecule has 1 N–H and O–H groups in total. The summed E-state index contributed by atoms with van der Waals surface area (Å²) < 4.78 is 0.952. The van der Waals surface area contributed by atoms with Crippen LogP contribution in [0.5, 0.6) is 0 Å². The number of aliphatic hydroxyl groups is 1. The maximum absolute atomic E-state index is 12.6. The molecule has 2 aliphatic rings. The Balaban J connectivity index is 1.86. The highest BCUT2D eigenvalue weighted by molar-refractivity contribution is 14.1. The lowest BCUT2D eigenvalue weighted by Crippen LogP contribution is -2.48. The predicted molar refractivity (Wildman–Crippen MR) is 82.4 cm³/mol. The van der Waals surface area contributed by atoms with Gasteiger partial charge in [0.1, 0.15) is 0 Å². The summed E-state index contributed by atoms with van der Waals surface area (Å²) in [6, 6.07) is 5.84. The summed E-state index contributed by atoms with van der Waals surface area (Å²) in [4.78, 5) is 14.6. The number of amides is 1. The molecule has 0 spiro atoms. The number of aliphatic hydroxyl groups excluding tert-OH is 1. The van der Waals surface area contributed by atoms with E-state index in [1.807, 2.05) is 17.0 Å². The van der Waals surface area contributed by atoms with Gasteiger partial charge in [-0.3, -0.25) is 4.79 Å². The van der Waals surface area contributed by atoms with Gasteiger partial charge in [0.2, 0.25) is 0 Å². The standard InChI is InChI=1S/C14H15ClINO2/c15-12-5-8(1-4-13(12)16)14(19)17-9-2-3-10(17)7-11(18)6-9/h1,4-5,9-11,18H,2-3,6-7H2. The van der Waals surface area contributed by atoms with Crippen LogP contribution in [0, 0.1) is 3.57 Å². The van der Waals surface area contributed by atoms with Crippen molar-refractivity contribution < 1.29 is 9.90 Å². The number of fused-ring (bicyclic) bond motifs is 2. The second-order valence-corrected chi connectivity index (χ2v) is 6.92. The van der Waals surface area contributed by atoms with Crippen LogP contribution in [-0.4, -0.2) is 34.1 Å². The van der Waals surface area contributed by atoms with Crippen LogP contribution in [0.15, 0.2) is 18.2 Å². The number of carbonyl (C=O) groups excluding carboxylic acids is 1. The number of piperidine rings is 1. The zero-order valence-corrected chi connectivity index (χ0v) is 13.3. The number of benzene rings is 1. The van der Waals surface area contributed by atoms with Gasteiger partial charge in [0, 0.05) is 21.2 Å². The van der Waals surface area contributed by atoms with Crippen LogP contribution in [0.4, 0.5) is 0 Å². The van der Waals surface area contributed by atoms with Crippen molar-refractivity contribution in [2.24, 2.45) is 0 Å². The molecule has 19 heavy (non-hydrogen) atoms. The van der Waals surface area contributed by atoms with Crippen molar-refractivity contribution >= 4 is 40.1 Å². The molecule has 2 unspecified atom stereocenters. The largest absolute Gasteiger partial charge is 0.393 e. The molecular formula is C14H15ClINO2. The first kappa shape index (κ1) is 13.6. The third-order valence-electron chi connectivity index (χ3n) is 4.11. The summed E-state index contributed by atoms with van der Waals surface area (Å²) in [6.45, 7) is 0. The molecule has 2 heterocycles. The van der Waals surface area contributed by atoms with Crippen molar-refractivity contribution in [1.82, 2.24) is 4.90 Å². The Morgan fingerprint density at radius 2 is 1.95 bits per heavy atom. The average Bonchev–Trinajstić information content (AvgIpc) is 2.64. The number of carbonyl (C=O) groups is 1. The third-order valence-corrected chi connectivity index (χ3v) is 5.68. The summed E-state index contributed by atoms with van der Waals surface area (Å²) in [7, 11) is 0. The van der Waals surface area contributed by atoms with Crippen LogP contribution in [0.3, 0.4) is 0 Å². The van der Waals surface area contributed by atoms with Gasteiger partial charge < -0.3 is 10.0 Å². The predicted octanol–water partition coefficient (Wildman–Crippen LogP) is 3.07. The van der Waals surface area contributed by atoms with Gasteiger partial charge in [-0.15, -0.1) is 0 Å². The van der Waals surface area contributed by atoms with E-state index in [-0.39, 0.29) is 24.1 Å². The second-order valence-electron chi connectivity index (χ2n) is 5.35. The van der Waals surface area contributed by atoms with Crippen molar-refractivity contribution in [2.45, 2.75) is 43.9 Å². The van der Waals surface area contributed by atoms with Crippen LogP contribution < -0.4 is 0 Å². The van der Waals surface area contributed by atoms with Gasteiger partial charge >= 0.3 is 0 Å². The van der Waals surface area contributed by atoms with Crippen LogP contribution in [0.1, 0.15) is 36.0 Å². The molecule has 1 aromatic rings. The Hall–Kier alpha value is -0.330. The normalized spacial score (nSPS) is 29.6. The number of halogens is 2. The molecule has 2 saturated heterocycles. The maximum Gasteiger partial charge on any atom is 0.254 e. The van der Waals surface area contributed by atoms with Crippen LogP contribution in [0.2, 0.25) is 5.02 Å². The van der Waals surface area contributed by atoms with Crippen LogP contribution in [0.25, 0.3) is 0 Å². The highest BCUT2D eigenvalue weighted by Gasteiger charge is 2.42. The van der Waals surface area contributed by atoms with E-state index in [4.69, 9.17) is 11.6 Å². The van der Waals surface area contributed by atoms with Crippen LogP contribution in [-0.2, 0) is 0 Å². The average molecular weight is 392 g/mol. The summed E-state index contributed by atoms with van der Waals surface area (Å²) in [5, 5.41) is 10.4. The molecule has 0 saturated carbocycles. The molecule has 0 radical (unpaired) electrons. The minimum absolute atomic E-state index is 0.0534. The van der Waals surface area contributed by atoms with E-state index in [0.29, 0.717) is 23.4 Å². The van der Waals surface area contributed by atoms with E-state index >= 15 is 0 Å². The van der Waals surface area contributed by atoms with E-state index in [9.17, 15) is 9.90 Å². The Kier molecular flexibility index (Phi) is 3.75. The zero-order chi connectivity index (χ0) is 13.6. The van der Waals surface area contributed by atoms with Crippen LogP contribution >= 0.6 is 34.2 Å².